The van der Waals surface area contributed by atoms with Crippen molar-refractivity contribution in [2.24, 2.45) is 0 Å². The molecule has 8 heteroatoms. The molecule has 30 heavy (non-hydrogen) atoms. The summed E-state index contributed by atoms with van der Waals surface area (Å²) >= 11 is 0. The second kappa shape index (κ2) is 13.1. The number of carbonyl (C=O) groups is 3. The lowest BCUT2D eigenvalue weighted by Crippen LogP contribution is -2.34. The number of nitrogens with one attached hydrogen (secondary N) is 1. The molecule has 0 fully saturated rings. The highest BCUT2D eigenvalue weighted by Gasteiger charge is 2.20. The van der Waals surface area contributed by atoms with Gasteiger partial charge in [-0.15, -0.1) is 0 Å². The van der Waals surface area contributed by atoms with E-state index in [0.29, 0.717) is 29.1 Å². The Balaban J connectivity index is 1.84. The van der Waals surface area contributed by atoms with Gasteiger partial charge in [0.2, 0.25) is 5.91 Å². The number of imide groups is 1. The van der Waals surface area contributed by atoms with Gasteiger partial charge in [0.25, 0.3) is 0 Å². The van der Waals surface area contributed by atoms with Crippen molar-refractivity contribution in [3.05, 3.63) is 71.3 Å². The molecule has 2 aromatic carbocycles. The van der Waals surface area contributed by atoms with Gasteiger partial charge in [-0.1, -0.05) is 70.1 Å². The van der Waals surface area contributed by atoms with E-state index in [2.05, 4.69) is 5.32 Å². The van der Waals surface area contributed by atoms with Crippen LogP contribution in [0.4, 0.5) is 4.79 Å². The number of ketones is 1. The van der Waals surface area contributed by atoms with E-state index in [1.54, 1.807) is 84.2 Å². The van der Waals surface area contributed by atoms with E-state index >= 15 is 0 Å². The zero-order chi connectivity index (χ0) is 21.8. The standard InChI is InChI=1S/C22H25NO5S2/c1-16(21(25)23-22(26)28-12-14-30-29-13-11-27-2)18-9-6-10-19(15-18)20(24)17-7-4-3-5-8-17/h3-10,15-16H,11-14H2,1-2H3,(H,23,25,26). The van der Waals surface area contributed by atoms with Crippen LogP contribution in [0.25, 0.3) is 0 Å². The van der Waals surface area contributed by atoms with E-state index in [1.165, 1.54) is 0 Å². The van der Waals surface area contributed by atoms with E-state index in [0.717, 1.165) is 5.75 Å². The number of alkyl carbamates (subject to hydrolysis) is 1. The van der Waals surface area contributed by atoms with Crippen molar-refractivity contribution in [1.82, 2.24) is 5.32 Å². The van der Waals surface area contributed by atoms with Crippen LogP contribution >= 0.6 is 21.6 Å². The molecule has 6 nitrogen and oxygen atoms in total. The lowest BCUT2D eigenvalue weighted by atomic mass is 9.95. The Hall–Kier alpha value is -2.29. The molecule has 1 unspecified atom stereocenters. The van der Waals surface area contributed by atoms with E-state index in [-0.39, 0.29) is 12.4 Å². The molecule has 0 heterocycles. The fourth-order valence-electron chi connectivity index (χ4n) is 2.51. The molecule has 0 aliphatic heterocycles. The van der Waals surface area contributed by atoms with Gasteiger partial charge in [-0.05, 0) is 18.6 Å². The number of ether oxygens (including phenoxy) is 2. The predicted molar refractivity (Wildman–Crippen MR) is 121 cm³/mol. The molecule has 0 radical (unpaired) electrons. The van der Waals surface area contributed by atoms with Crippen molar-refractivity contribution in [2.45, 2.75) is 12.8 Å². The number of methoxy groups -OCH3 is 1. The van der Waals surface area contributed by atoms with E-state index in [1.807, 2.05) is 6.07 Å². The third kappa shape index (κ3) is 7.85. The molecule has 0 aromatic heterocycles. The van der Waals surface area contributed by atoms with Gasteiger partial charge in [-0.25, -0.2) is 4.79 Å². The van der Waals surface area contributed by atoms with Crippen molar-refractivity contribution in [3.8, 4) is 0 Å². The average Bonchev–Trinajstić information content (AvgIpc) is 2.78. The minimum atomic E-state index is -0.772. The average molecular weight is 448 g/mol. The molecule has 0 spiro atoms. The third-order valence-corrected chi connectivity index (χ3v) is 6.49. The summed E-state index contributed by atoms with van der Waals surface area (Å²) in [7, 11) is 4.85. The fourth-order valence-corrected chi connectivity index (χ4v) is 4.24. The summed E-state index contributed by atoms with van der Waals surface area (Å²) in [6.07, 6.45) is -0.772. The molecule has 0 saturated carbocycles. The van der Waals surface area contributed by atoms with Crippen molar-refractivity contribution < 1.29 is 23.9 Å². The number of carbonyl (C=O) groups excluding carboxylic acids is 3. The normalized spacial score (nSPS) is 11.5. The van der Waals surface area contributed by atoms with Crippen molar-refractivity contribution in [2.75, 3.05) is 31.8 Å². The third-order valence-electron chi connectivity index (χ3n) is 4.16. The molecular weight excluding hydrogens is 422 g/mol. The lowest BCUT2D eigenvalue weighted by molar-refractivity contribution is -0.121. The molecule has 0 aliphatic rings. The van der Waals surface area contributed by atoms with Crippen LogP contribution in [0.1, 0.15) is 34.3 Å². The van der Waals surface area contributed by atoms with E-state index in [9.17, 15) is 14.4 Å². The number of hydrogen-bond acceptors (Lipinski definition) is 7. The van der Waals surface area contributed by atoms with Gasteiger partial charge in [-0.3, -0.25) is 14.9 Å². The van der Waals surface area contributed by atoms with Crippen LogP contribution in [0.3, 0.4) is 0 Å². The van der Waals surface area contributed by atoms with Crippen LogP contribution in [0.5, 0.6) is 0 Å². The highest BCUT2D eigenvalue weighted by molar-refractivity contribution is 8.76. The van der Waals surface area contributed by atoms with Crippen LogP contribution in [-0.2, 0) is 14.3 Å². The maximum atomic E-state index is 12.6. The Labute approximate surface area is 184 Å². The van der Waals surface area contributed by atoms with Gasteiger partial charge in [0.1, 0.15) is 6.61 Å². The maximum absolute atomic E-state index is 12.6. The van der Waals surface area contributed by atoms with Crippen LogP contribution in [-0.4, -0.2) is 49.6 Å². The van der Waals surface area contributed by atoms with E-state index in [4.69, 9.17) is 9.47 Å². The van der Waals surface area contributed by atoms with Gasteiger partial charge in [-0.2, -0.15) is 0 Å². The number of benzene rings is 2. The van der Waals surface area contributed by atoms with Gasteiger partial charge in [0, 0.05) is 29.7 Å². The number of hydrogen-bond donors (Lipinski definition) is 1. The number of amides is 2. The largest absolute Gasteiger partial charge is 0.448 e. The minimum Gasteiger partial charge on any atom is -0.448 e. The van der Waals surface area contributed by atoms with E-state index < -0.39 is 17.9 Å². The topological polar surface area (TPSA) is 81.7 Å². The van der Waals surface area contributed by atoms with Gasteiger partial charge < -0.3 is 9.47 Å². The molecule has 0 saturated heterocycles. The molecule has 1 N–H and O–H groups in total. The zero-order valence-corrected chi connectivity index (χ0v) is 18.6. The smallest absolute Gasteiger partial charge is 0.413 e. The molecule has 160 valence electrons. The summed E-state index contributed by atoms with van der Waals surface area (Å²) in [4.78, 5) is 36.8. The minimum absolute atomic E-state index is 0.120. The summed E-state index contributed by atoms with van der Waals surface area (Å²) in [6, 6.07) is 15.8. The molecule has 2 aromatic rings. The molecule has 2 rings (SSSR count). The monoisotopic (exact) mass is 447 g/mol. The van der Waals surface area contributed by atoms with Crippen molar-refractivity contribution in [3.63, 3.8) is 0 Å². The summed E-state index contributed by atoms with van der Waals surface area (Å²) in [6.45, 7) is 2.56. The van der Waals surface area contributed by atoms with Crippen molar-refractivity contribution >= 4 is 39.4 Å². The Morgan fingerprint density at radius 2 is 1.60 bits per heavy atom. The van der Waals surface area contributed by atoms with Crippen molar-refractivity contribution in [1.29, 1.82) is 0 Å². The Morgan fingerprint density at radius 3 is 2.30 bits per heavy atom. The van der Waals surface area contributed by atoms with Crippen LogP contribution in [0.2, 0.25) is 0 Å². The highest BCUT2D eigenvalue weighted by atomic mass is 33.1. The second-order valence-electron chi connectivity index (χ2n) is 6.30. The summed E-state index contributed by atoms with van der Waals surface area (Å²) in [5.74, 6) is 0.265. The predicted octanol–water partition coefficient (Wildman–Crippen LogP) is 4.30. The van der Waals surface area contributed by atoms with Crippen LogP contribution in [0.15, 0.2) is 54.6 Å². The SMILES string of the molecule is COCCSSCCOC(=O)NC(=O)C(C)c1cccc(C(=O)c2ccccc2)c1. The first kappa shape index (κ1) is 24.0. The zero-order valence-electron chi connectivity index (χ0n) is 17.0. The quantitative estimate of drug-likeness (QED) is 0.312. The van der Waals surface area contributed by atoms with Crippen LogP contribution < -0.4 is 5.32 Å². The molecule has 0 aliphatic carbocycles. The molecular formula is C22H25NO5S2. The molecule has 2 amide bonds. The lowest BCUT2D eigenvalue weighted by Gasteiger charge is -2.13. The van der Waals surface area contributed by atoms with Gasteiger partial charge in [0.05, 0.1) is 12.5 Å². The Bertz CT molecular complexity index is 844. The second-order valence-corrected chi connectivity index (χ2v) is 9.01. The summed E-state index contributed by atoms with van der Waals surface area (Å²) in [5.41, 5.74) is 1.71. The Morgan fingerprint density at radius 1 is 0.933 bits per heavy atom. The van der Waals surface area contributed by atoms with Gasteiger partial charge in [0.15, 0.2) is 5.78 Å². The summed E-state index contributed by atoms with van der Waals surface area (Å²) in [5, 5.41) is 2.25. The first-order valence-corrected chi connectivity index (χ1v) is 11.9. The molecule has 0 bridgehead atoms. The number of rotatable bonds is 11. The first-order chi connectivity index (χ1) is 14.5. The highest BCUT2D eigenvalue weighted by Crippen LogP contribution is 2.21. The maximum Gasteiger partial charge on any atom is 0.413 e. The van der Waals surface area contributed by atoms with Gasteiger partial charge >= 0.3 is 6.09 Å². The summed E-state index contributed by atoms with van der Waals surface area (Å²) < 4.78 is 9.98. The molecule has 1 atom stereocenters. The fraction of sp³-hybridized carbons (Fsp3) is 0.318. The Kier molecular flexibility index (Phi) is 10.5. The first-order valence-electron chi connectivity index (χ1n) is 9.43. The van der Waals surface area contributed by atoms with Crippen LogP contribution in [0, 0.1) is 0 Å².